The van der Waals surface area contributed by atoms with Crippen molar-refractivity contribution in [2.75, 3.05) is 13.2 Å². The molecule has 5 N–H and O–H groups in total. The summed E-state index contributed by atoms with van der Waals surface area (Å²) in [6, 6.07) is -0.410. The fourth-order valence-corrected chi connectivity index (χ4v) is 2.02. The maximum Gasteiger partial charge on any atom is 0.111 e. The molecule has 0 bridgehead atoms. The first-order chi connectivity index (χ1) is 8.11. The molecule has 0 saturated heterocycles. The number of hydrogen-bond acceptors (Lipinski definition) is 5. The molecule has 0 saturated carbocycles. The van der Waals surface area contributed by atoms with Crippen molar-refractivity contribution in [3.05, 3.63) is 11.6 Å². The Morgan fingerprint density at radius 2 is 1.88 bits per heavy atom. The first-order valence-corrected chi connectivity index (χ1v) is 6.20. The van der Waals surface area contributed by atoms with Crippen LogP contribution in [0.2, 0.25) is 0 Å². The number of hydrogen-bond donors (Lipinski definition) is 5. The van der Waals surface area contributed by atoms with Crippen LogP contribution < -0.4 is 5.32 Å². The quantitative estimate of drug-likeness (QED) is 0.310. The molecule has 5 heteroatoms. The van der Waals surface area contributed by atoms with Gasteiger partial charge in [0.2, 0.25) is 0 Å². The minimum atomic E-state index is -1.24. The highest BCUT2D eigenvalue weighted by atomic mass is 16.4. The number of rotatable bonds is 6. The molecule has 0 fully saturated rings. The van der Waals surface area contributed by atoms with Crippen LogP contribution in [-0.2, 0) is 0 Å². The minimum Gasteiger partial charge on any atom is -0.392 e. The third-order valence-electron chi connectivity index (χ3n) is 3.16. The Balaban J connectivity index is 2.54. The van der Waals surface area contributed by atoms with E-state index in [1.807, 2.05) is 0 Å². The zero-order valence-corrected chi connectivity index (χ0v) is 10.2. The molecule has 0 radical (unpaired) electrons. The summed E-state index contributed by atoms with van der Waals surface area (Å²) in [4.78, 5) is 0. The van der Waals surface area contributed by atoms with Crippen LogP contribution in [0, 0.1) is 0 Å². The summed E-state index contributed by atoms with van der Waals surface area (Å²) in [5, 5.41) is 41.1. The van der Waals surface area contributed by atoms with E-state index < -0.39 is 24.4 Å². The van der Waals surface area contributed by atoms with E-state index in [-0.39, 0.29) is 6.61 Å². The summed E-state index contributed by atoms with van der Waals surface area (Å²) in [6.07, 6.45) is 1.37. The average molecular weight is 245 g/mol. The Morgan fingerprint density at radius 3 is 2.47 bits per heavy atom. The van der Waals surface area contributed by atoms with Gasteiger partial charge < -0.3 is 25.7 Å². The molecule has 1 rings (SSSR count). The zero-order valence-electron chi connectivity index (χ0n) is 10.2. The van der Waals surface area contributed by atoms with Crippen LogP contribution in [0.4, 0.5) is 0 Å². The Kier molecular flexibility index (Phi) is 6.08. The lowest BCUT2D eigenvalue weighted by Gasteiger charge is -2.34. The van der Waals surface area contributed by atoms with Gasteiger partial charge in [-0.3, -0.25) is 0 Å². The Morgan fingerprint density at radius 1 is 1.18 bits per heavy atom. The molecule has 0 aromatic rings. The van der Waals surface area contributed by atoms with Gasteiger partial charge in [0.05, 0.1) is 12.6 Å². The molecule has 1 unspecified atom stereocenters. The average Bonchev–Trinajstić information content (AvgIpc) is 2.34. The van der Waals surface area contributed by atoms with E-state index in [1.165, 1.54) is 0 Å². The summed E-state index contributed by atoms with van der Waals surface area (Å²) in [5.74, 6) is 0. The highest BCUT2D eigenvalue weighted by Crippen LogP contribution is 2.20. The molecule has 0 heterocycles. The summed E-state index contributed by atoms with van der Waals surface area (Å²) < 4.78 is 0. The SMILES string of the molecule is CCCCCN[C@H]1C=C(CO)[C@@H](O)C(O)[C@H]1O. The van der Waals surface area contributed by atoms with Gasteiger partial charge in [-0.2, -0.15) is 0 Å². The normalized spacial score (nSPS) is 33.6. The fourth-order valence-electron chi connectivity index (χ4n) is 2.02. The van der Waals surface area contributed by atoms with Gasteiger partial charge >= 0.3 is 0 Å². The first kappa shape index (κ1) is 14.6. The second-order valence-corrected chi connectivity index (χ2v) is 4.51. The monoisotopic (exact) mass is 245 g/mol. The van der Waals surface area contributed by atoms with Gasteiger partial charge in [-0.15, -0.1) is 0 Å². The Bertz CT molecular complexity index is 257. The van der Waals surface area contributed by atoms with E-state index in [0.717, 1.165) is 25.8 Å². The van der Waals surface area contributed by atoms with Crippen LogP contribution in [0.3, 0.4) is 0 Å². The number of aliphatic hydroxyl groups is 4. The van der Waals surface area contributed by atoms with E-state index in [2.05, 4.69) is 12.2 Å². The van der Waals surface area contributed by atoms with Gasteiger partial charge in [-0.25, -0.2) is 0 Å². The Labute approximate surface area is 102 Å². The topological polar surface area (TPSA) is 93.0 Å². The van der Waals surface area contributed by atoms with Crippen molar-refractivity contribution in [1.82, 2.24) is 5.32 Å². The molecule has 0 aliphatic heterocycles. The minimum absolute atomic E-state index is 0.307. The van der Waals surface area contributed by atoms with Gasteiger partial charge in [-0.1, -0.05) is 25.8 Å². The van der Waals surface area contributed by atoms with E-state index in [9.17, 15) is 15.3 Å². The maximum atomic E-state index is 9.78. The van der Waals surface area contributed by atoms with Crippen molar-refractivity contribution in [2.24, 2.45) is 0 Å². The van der Waals surface area contributed by atoms with Crippen molar-refractivity contribution >= 4 is 0 Å². The second kappa shape index (κ2) is 7.08. The molecule has 100 valence electrons. The maximum absolute atomic E-state index is 9.78. The fraction of sp³-hybridized carbons (Fsp3) is 0.833. The smallest absolute Gasteiger partial charge is 0.111 e. The molecule has 0 aromatic heterocycles. The summed E-state index contributed by atoms with van der Waals surface area (Å²) in [5.41, 5.74) is 0.357. The van der Waals surface area contributed by atoms with E-state index in [4.69, 9.17) is 5.11 Å². The standard InChI is InChI=1S/C12H23NO4/c1-2-3-4-5-13-9-6-8(7-14)10(15)12(17)11(9)16/h6,9-17H,2-5,7H2,1H3/t9-,10+,11-,12?/m0/s1. The lowest BCUT2D eigenvalue weighted by molar-refractivity contribution is -0.0641. The van der Waals surface area contributed by atoms with Gasteiger partial charge in [0.15, 0.2) is 0 Å². The van der Waals surface area contributed by atoms with Crippen molar-refractivity contribution in [3.8, 4) is 0 Å². The van der Waals surface area contributed by atoms with Gasteiger partial charge in [0.1, 0.15) is 18.3 Å². The van der Waals surface area contributed by atoms with Crippen molar-refractivity contribution < 1.29 is 20.4 Å². The van der Waals surface area contributed by atoms with Crippen LogP contribution in [-0.4, -0.2) is 57.9 Å². The highest BCUT2D eigenvalue weighted by molar-refractivity contribution is 5.21. The zero-order chi connectivity index (χ0) is 12.8. The molecule has 1 aliphatic carbocycles. The molecular formula is C12H23NO4. The van der Waals surface area contributed by atoms with Gasteiger partial charge in [-0.05, 0) is 18.5 Å². The molecule has 0 spiro atoms. The summed E-state index contributed by atoms with van der Waals surface area (Å²) in [6.45, 7) is 2.55. The molecule has 4 atom stereocenters. The number of aliphatic hydroxyl groups excluding tert-OH is 4. The van der Waals surface area contributed by atoms with Crippen LogP contribution >= 0.6 is 0 Å². The van der Waals surface area contributed by atoms with Crippen LogP contribution in [0.15, 0.2) is 11.6 Å². The predicted molar refractivity (Wildman–Crippen MR) is 64.5 cm³/mol. The van der Waals surface area contributed by atoms with Crippen molar-refractivity contribution in [1.29, 1.82) is 0 Å². The molecule has 0 amide bonds. The summed E-state index contributed by atoms with van der Waals surface area (Å²) in [7, 11) is 0. The number of nitrogens with one attached hydrogen (secondary N) is 1. The largest absolute Gasteiger partial charge is 0.392 e. The molecule has 1 aliphatic rings. The van der Waals surface area contributed by atoms with E-state index in [1.54, 1.807) is 6.08 Å². The van der Waals surface area contributed by atoms with Crippen molar-refractivity contribution in [2.45, 2.75) is 50.5 Å². The van der Waals surface area contributed by atoms with Gasteiger partial charge in [0, 0.05) is 0 Å². The van der Waals surface area contributed by atoms with Crippen molar-refractivity contribution in [3.63, 3.8) is 0 Å². The highest BCUT2D eigenvalue weighted by Gasteiger charge is 2.36. The van der Waals surface area contributed by atoms with Gasteiger partial charge in [0.25, 0.3) is 0 Å². The predicted octanol–water partition coefficient (Wildman–Crippen LogP) is -0.850. The molecular weight excluding hydrogens is 222 g/mol. The third kappa shape index (κ3) is 3.76. The van der Waals surface area contributed by atoms with E-state index in [0.29, 0.717) is 5.57 Å². The lowest BCUT2D eigenvalue weighted by Crippen LogP contribution is -2.54. The molecule has 5 nitrogen and oxygen atoms in total. The summed E-state index contributed by atoms with van der Waals surface area (Å²) >= 11 is 0. The van der Waals surface area contributed by atoms with Crippen LogP contribution in [0.5, 0.6) is 0 Å². The van der Waals surface area contributed by atoms with Crippen LogP contribution in [0.1, 0.15) is 26.2 Å². The molecule has 0 aromatic carbocycles. The lowest BCUT2D eigenvalue weighted by atomic mass is 9.88. The Hall–Kier alpha value is -0.460. The van der Waals surface area contributed by atoms with E-state index >= 15 is 0 Å². The first-order valence-electron chi connectivity index (χ1n) is 6.20. The third-order valence-corrected chi connectivity index (χ3v) is 3.16. The molecule has 17 heavy (non-hydrogen) atoms. The second-order valence-electron chi connectivity index (χ2n) is 4.51. The number of unbranched alkanes of at least 4 members (excludes halogenated alkanes) is 2. The van der Waals surface area contributed by atoms with Crippen LogP contribution in [0.25, 0.3) is 0 Å².